The molecule has 0 radical (unpaired) electrons. The summed E-state index contributed by atoms with van der Waals surface area (Å²) in [5, 5.41) is 19.5. The van der Waals surface area contributed by atoms with E-state index in [4.69, 9.17) is 21.4 Å². The quantitative estimate of drug-likeness (QED) is 0.851. The number of rotatable bonds is 5. The Kier molecular flexibility index (Phi) is 3.92. The fraction of sp³-hybridized carbons (Fsp3) is 0.538. The Bertz CT molecular complexity index is 390. The van der Waals surface area contributed by atoms with Crippen molar-refractivity contribution in [1.82, 2.24) is 0 Å². The minimum absolute atomic E-state index is 0.0564. The molecule has 2 N–H and O–H groups in total. The van der Waals surface area contributed by atoms with Crippen molar-refractivity contribution in [3.8, 4) is 5.75 Å². The van der Waals surface area contributed by atoms with Gasteiger partial charge in [0.25, 0.3) is 0 Å². The smallest absolute Gasteiger partial charge is 0.138 e. The van der Waals surface area contributed by atoms with E-state index in [-0.39, 0.29) is 12.5 Å². The lowest BCUT2D eigenvalue weighted by atomic mass is 9.98. The zero-order valence-electron chi connectivity index (χ0n) is 9.77. The second-order valence-electron chi connectivity index (χ2n) is 4.61. The largest absolute Gasteiger partial charge is 0.489 e. The number of ether oxygens (including phenoxy) is 1. The minimum atomic E-state index is -0.701. The van der Waals surface area contributed by atoms with Crippen molar-refractivity contribution in [3.05, 3.63) is 28.8 Å². The summed E-state index contributed by atoms with van der Waals surface area (Å²) in [6.45, 7) is 1.73. The molecule has 2 rings (SSSR count). The molecule has 4 heteroatoms. The Morgan fingerprint density at radius 2 is 2.18 bits per heavy atom. The Balaban J connectivity index is 2.11. The van der Waals surface area contributed by atoms with Gasteiger partial charge >= 0.3 is 0 Å². The second kappa shape index (κ2) is 5.25. The molecule has 0 aromatic heterocycles. The molecule has 0 heterocycles. The molecule has 1 aliphatic carbocycles. The molecule has 0 saturated heterocycles. The minimum Gasteiger partial charge on any atom is -0.489 e. The third-order valence-electron chi connectivity index (χ3n) is 2.94. The first kappa shape index (κ1) is 12.7. The van der Waals surface area contributed by atoms with E-state index >= 15 is 0 Å². The topological polar surface area (TPSA) is 49.7 Å². The molecule has 3 nitrogen and oxygen atoms in total. The van der Waals surface area contributed by atoms with E-state index in [1.165, 1.54) is 0 Å². The zero-order chi connectivity index (χ0) is 12.4. The Hall–Kier alpha value is -0.770. The molecule has 1 saturated carbocycles. The van der Waals surface area contributed by atoms with Gasteiger partial charge in [-0.2, -0.15) is 0 Å². The maximum absolute atomic E-state index is 9.94. The van der Waals surface area contributed by atoms with Gasteiger partial charge in [0.15, 0.2) is 0 Å². The molecule has 0 amide bonds. The van der Waals surface area contributed by atoms with E-state index in [9.17, 15) is 5.11 Å². The summed E-state index contributed by atoms with van der Waals surface area (Å²) in [4.78, 5) is 0. The molecular weight excluding hydrogens is 240 g/mol. The third-order valence-corrected chi connectivity index (χ3v) is 3.24. The summed E-state index contributed by atoms with van der Waals surface area (Å²) in [5.74, 6) is 0.461. The first-order valence-electron chi connectivity index (χ1n) is 5.87. The van der Waals surface area contributed by atoms with Crippen molar-refractivity contribution in [2.24, 2.45) is 5.92 Å². The molecule has 1 aliphatic rings. The molecule has 0 spiro atoms. The van der Waals surface area contributed by atoms with Gasteiger partial charge in [-0.1, -0.05) is 24.6 Å². The van der Waals surface area contributed by atoms with Gasteiger partial charge in [-0.3, -0.25) is 0 Å². The maximum Gasteiger partial charge on any atom is 0.138 e. The average molecular weight is 257 g/mol. The van der Waals surface area contributed by atoms with Gasteiger partial charge in [0.2, 0.25) is 0 Å². The van der Waals surface area contributed by atoms with Crippen molar-refractivity contribution in [2.45, 2.75) is 32.0 Å². The van der Waals surface area contributed by atoms with E-state index in [0.717, 1.165) is 12.8 Å². The van der Waals surface area contributed by atoms with Crippen LogP contribution in [0.2, 0.25) is 5.02 Å². The average Bonchev–Trinajstić information content (AvgIpc) is 3.13. The molecule has 2 atom stereocenters. The fourth-order valence-corrected chi connectivity index (χ4v) is 1.82. The lowest BCUT2D eigenvalue weighted by Crippen LogP contribution is -2.13. The molecule has 1 unspecified atom stereocenters. The van der Waals surface area contributed by atoms with E-state index in [2.05, 4.69) is 0 Å². The molecule has 1 aromatic rings. The fourth-order valence-electron chi connectivity index (χ4n) is 1.59. The van der Waals surface area contributed by atoms with Crippen LogP contribution in [0.3, 0.4) is 0 Å². The van der Waals surface area contributed by atoms with Crippen LogP contribution in [0.5, 0.6) is 5.75 Å². The van der Waals surface area contributed by atoms with E-state index in [1.54, 1.807) is 25.1 Å². The van der Waals surface area contributed by atoms with Gasteiger partial charge in [-0.15, -0.1) is 0 Å². The number of hydrogen-bond acceptors (Lipinski definition) is 3. The van der Waals surface area contributed by atoms with Gasteiger partial charge in [0.1, 0.15) is 5.75 Å². The molecule has 0 aliphatic heterocycles. The zero-order valence-corrected chi connectivity index (χ0v) is 10.5. The summed E-state index contributed by atoms with van der Waals surface area (Å²) in [7, 11) is 0. The van der Waals surface area contributed by atoms with E-state index in [0.29, 0.717) is 22.4 Å². The summed E-state index contributed by atoms with van der Waals surface area (Å²) in [6, 6.07) is 5.28. The summed E-state index contributed by atoms with van der Waals surface area (Å²) < 4.78 is 5.61. The molecular formula is C13H17ClO3. The maximum atomic E-state index is 9.94. The Morgan fingerprint density at radius 3 is 2.71 bits per heavy atom. The molecule has 17 heavy (non-hydrogen) atoms. The highest BCUT2D eigenvalue weighted by molar-refractivity contribution is 6.32. The third kappa shape index (κ3) is 3.12. The highest BCUT2D eigenvalue weighted by Gasteiger charge is 2.25. The SMILES string of the molecule is C[C@H](CO)C(O)c1ccc(OC2CC2)c(Cl)c1. The molecule has 1 aromatic carbocycles. The van der Waals surface area contributed by atoms with Crippen LogP contribution in [0.4, 0.5) is 0 Å². The second-order valence-corrected chi connectivity index (χ2v) is 5.02. The standard InChI is InChI=1S/C13H17ClO3/c1-8(7-15)13(16)9-2-5-12(11(14)6-9)17-10-3-4-10/h2,5-6,8,10,13,15-16H,3-4,7H2,1H3/t8-,13?/m1/s1. The van der Waals surface area contributed by atoms with Crippen molar-refractivity contribution in [3.63, 3.8) is 0 Å². The van der Waals surface area contributed by atoms with Gasteiger partial charge in [-0.25, -0.2) is 0 Å². The van der Waals surface area contributed by atoms with Crippen LogP contribution in [0.15, 0.2) is 18.2 Å². The van der Waals surface area contributed by atoms with Crippen molar-refractivity contribution in [1.29, 1.82) is 0 Å². The van der Waals surface area contributed by atoms with E-state index in [1.807, 2.05) is 0 Å². The Labute approximate surface area is 106 Å². The molecule has 94 valence electrons. The number of benzene rings is 1. The molecule has 0 bridgehead atoms. The predicted octanol–water partition coefficient (Wildman–Crippen LogP) is 2.54. The first-order chi connectivity index (χ1) is 8.11. The van der Waals surface area contributed by atoms with Crippen LogP contribution >= 0.6 is 11.6 Å². The molecule has 1 fully saturated rings. The van der Waals surface area contributed by atoms with Gasteiger partial charge in [0.05, 0.1) is 17.2 Å². The first-order valence-corrected chi connectivity index (χ1v) is 6.24. The van der Waals surface area contributed by atoms with E-state index < -0.39 is 6.10 Å². The van der Waals surface area contributed by atoms with Crippen LogP contribution in [0.25, 0.3) is 0 Å². The van der Waals surface area contributed by atoms with Gasteiger partial charge < -0.3 is 14.9 Å². The van der Waals surface area contributed by atoms with Crippen LogP contribution in [0.1, 0.15) is 31.4 Å². The Morgan fingerprint density at radius 1 is 1.47 bits per heavy atom. The monoisotopic (exact) mass is 256 g/mol. The summed E-state index contributed by atoms with van der Waals surface area (Å²) in [5.41, 5.74) is 0.708. The lowest BCUT2D eigenvalue weighted by molar-refractivity contribution is 0.0770. The number of aliphatic hydroxyl groups is 2. The van der Waals surface area contributed by atoms with Crippen molar-refractivity contribution < 1.29 is 14.9 Å². The van der Waals surface area contributed by atoms with Crippen molar-refractivity contribution in [2.75, 3.05) is 6.61 Å². The number of halogens is 1. The van der Waals surface area contributed by atoms with Crippen LogP contribution in [-0.4, -0.2) is 22.9 Å². The van der Waals surface area contributed by atoms with Gasteiger partial charge in [0, 0.05) is 12.5 Å². The predicted molar refractivity (Wildman–Crippen MR) is 66.3 cm³/mol. The number of hydrogen-bond donors (Lipinski definition) is 2. The number of aliphatic hydroxyl groups excluding tert-OH is 2. The van der Waals surface area contributed by atoms with Gasteiger partial charge in [-0.05, 0) is 30.5 Å². The summed E-state index contributed by atoms with van der Waals surface area (Å²) >= 11 is 6.09. The normalized spacial score (nSPS) is 18.8. The highest BCUT2D eigenvalue weighted by atomic mass is 35.5. The van der Waals surface area contributed by atoms with Crippen molar-refractivity contribution >= 4 is 11.6 Å². The van der Waals surface area contributed by atoms with Crippen LogP contribution in [0, 0.1) is 5.92 Å². The summed E-state index contributed by atoms with van der Waals surface area (Å²) in [6.07, 6.45) is 1.77. The van der Waals surface area contributed by atoms with Crippen LogP contribution in [-0.2, 0) is 0 Å². The highest BCUT2D eigenvalue weighted by Crippen LogP contribution is 2.34. The lowest BCUT2D eigenvalue weighted by Gasteiger charge is -2.18. The van der Waals surface area contributed by atoms with Crippen LogP contribution < -0.4 is 4.74 Å².